The number of sulfonamides is 1. The fourth-order valence-electron chi connectivity index (χ4n) is 3.06. The van der Waals surface area contributed by atoms with Crippen molar-refractivity contribution >= 4 is 43.2 Å². The molecular formula is C22H17NO7S2. The number of ether oxygens (including phenoxy) is 2. The van der Waals surface area contributed by atoms with Crippen LogP contribution in [0.25, 0.3) is 10.3 Å². The van der Waals surface area contributed by atoms with Gasteiger partial charge in [0.05, 0.1) is 29.5 Å². The summed E-state index contributed by atoms with van der Waals surface area (Å²) in [6.07, 6.45) is 0. The number of nitrogens with zero attached hydrogens (tertiary/aromatic N) is 1. The summed E-state index contributed by atoms with van der Waals surface area (Å²) in [5.74, 6) is 0.232. The van der Waals surface area contributed by atoms with Gasteiger partial charge in [-0.1, -0.05) is 11.3 Å². The Morgan fingerprint density at radius 1 is 0.906 bits per heavy atom. The van der Waals surface area contributed by atoms with E-state index >= 15 is 0 Å². The average Bonchev–Trinajstić information content (AvgIpc) is 3.18. The normalized spacial score (nSPS) is 11.3. The van der Waals surface area contributed by atoms with Gasteiger partial charge in [0.25, 0.3) is 15.9 Å². The summed E-state index contributed by atoms with van der Waals surface area (Å²) in [5, 5.41) is 0. The van der Waals surface area contributed by atoms with Gasteiger partial charge in [-0.3, -0.25) is 4.79 Å². The molecule has 0 aliphatic rings. The lowest BCUT2D eigenvalue weighted by molar-refractivity contribution is 0.101. The molecule has 1 amide bonds. The molecule has 0 unspecified atom stereocenters. The van der Waals surface area contributed by atoms with Crippen LogP contribution in [0, 0.1) is 0 Å². The van der Waals surface area contributed by atoms with Gasteiger partial charge in [0.2, 0.25) is 0 Å². The zero-order chi connectivity index (χ0) is 22.9. The molecule has 0 spiro atoms. The van der Waals surface area contributed by atoms with E-state index in [4.69, 9.17) is 13.9 Å². The number of fused-ring (bicyclic) bond motifs is 1. The molecule has 0 radical (unpaired) electrons. The van der Waals surface area contributed by atoms with Crippen molar-refractivity contribution in [1.29, 1.82) is 0 Å². The van der Waals surface area contributed by atoms with Crippen molar-refractivity contribution in [2.75, 3.05) is 18.5 Å². The Morgan fingerprint density at radius 3 is 2.09 bits per heavy atom. The van der Waals surface area contributed by atoms with Crippen LogP contribution in [0.1, 0.15) is 10.4 Å². The molecule has 0 fully saturated rings. The number of benzene rings is 3. The molecule has 0 aliphatic heterocycles. The fraction of sp³-hybridized carbons (Fsp3) is 0.0909. The monoisotopic (exact) mass is 471 g/mol. The van der Waals surface area contributed by atoms with Gasteiger partial charge in [0.15, 0.2) is 0 Å². The van der Waals surface area contributed by atoms with E-state index in [-0.39, 0.29) is 16.1 Å². The molecule has 1 aromatic heterocycles. The summed E-state index contributed by atoms with van der Waals surface area (Å²) < 4.78 is 43.5. The summed E-state index contributed by atoms with van der Waals surface area (Å²) in [5.41, 5.74) is 0.525. The van der Waals surface area contributed by atoms with Crippen LogP contribution in [-0.2, 0) is 10.0 Å². The lowest BCUT2D eigenvalue weighted by Crippen LogP contribution is -2.37. The SMILES string of the molecule is COc1ccc(C(=O)N(c2ccc3oc(=O)sc3c2)S(=O)(=O)c2ccc(OC)cc2)cc1. The van der Waals surface area contributed by atoms with E-state index in [9.17, 15) is 18.0 Å². The maximum atomic E-state index is 13.6. The summed E-state index contributed by atoms with van der Waals surface area (Å²) in [6, 6.07) is 16.1. The van der Waals surface area contributed by atoms with E-state index in [1.807, 2.05) is 0 Å². The number of anilines is 1. The van der Waals surface area contributed by atoms with Crippen molar-refractivity contribution in [2.45, 2.75) is 4.90 Å². The molecule has 32 heavy (non-hydrogen) atoms. The van der Waals surface area contributed by atoms with Crippen LogP contribution < -0.4 is 18.7 Å². The number of hydrogen-bond acceptors (Lipinski definition) is 8. The summed E-state index contributed by atoms with van der Waals surface area (Å²) >= 11 is 0.819. The molecule has 3 aromatic carbocycles. The van der Waals surface area contributed by atoms with E-state index in [2.05, 4.69) is 0 Å². The molecule has 0 atom stereocenters. The first-order chi connectivity index (χ1) is 15.3. The Bertz CT molecular complexity index is 1440. The average molecular weight is 472 g/mol. The van der Waals surface area contributed by atoms with Crippen molar-refractivity contribution in [3.8, 4) is 11.5 Å². The summed E-state index contributed by atoms with van der Waals surface area (Å²) in [6.45, 7) is 0. The highest BCUT2D eigenvalue weighted by molar-refractivity contribution is 7.93. The lowest BCUT2D eigenvalue weighted by atomic mass is 10.2. The molecule has 1 heterocycles. The topological polar surface area (TPSA) is 103 Å². The minimum atomic E-state index is -4.31. The van der Waals surface area contributed by atoms with Crippen LogP contribution in [0.3, 0.4) is 0 Å². The quantitative estimate of drug-likeness (QED) is 0.420. The predicted molar refractivity (Wildman–Crippen MR) is 120 cm³/mol. The zero-order valence-corrected chi connectivity index (χ0v) is 18.6. The molecule has 10 heteroatoms. The first-order valence-corrected chi connectivity index (χ1v) is 11.5. The molecule has 164 valence electrons. The Labute approximate surface area is 187 Å². The first-order valence-electron chi connectivity index (χ1n) is 9.25. The van der Waals surface area contributed by atoms with Crippen LogP contribution in [-0.4, -0.2) is 28.5 Å². The van der Waals surface area contributed by atoms with Gasteiger partial charge < -0.3 is 13.9 Å². The lowest BCUT2D eigenvalue weighted by Gasteiger charge is -2.23. The Balaban J connectivity index is 1.87. The van der Waals surface area contributed by atoms with E-state index < -0.39 is 20.9 Å². The van der Waals surface area contributed by atoms with Gasteiger partial charge >= 0.3 is 4.94 Å². The van der Waals surface area contributed by atoms with Gasteiger partial charge in [-0.2, -0.15) is 4.31 Å². The second-order valence-corrected chi connectivity index (χ2v) is 9.33. The highest BCUT2D eigenvalue weighted by Crippen LogP contribution is 2.31. The molecule has 0 saturated carbocycles. The molecule has 0 saturated heterocycles. The Hall–Kier alpha value is -3.63. The van der Waals surface area contributed by atoms with Crippen LogP contribution in [0.2, 0.25) is 0 Å². The molecule has 4 aromatic rings. The van der Waals surface area contributed by atoms with Crippen molar-refractivity contribution in [3.05, 3.63) is 82.0 Å². The second kappa shape index (κ2) is 8.48. The number of hydrogen-bond donors (Lipinski definition) is 0. The van der Waals surface area contributed by atoms with Crippen molar-refractivity contribution in [3.63, 3.8) is 0 Å². The smallest absolute Gasteiger partial charge is 0.396 e. The summed E-state index contributed by atoms with van der Waals surface area (Å²) in [4.78, 5) is 24.4. The van der Waals surface area contributed by atoms with Crippen molar-refractivity contribution in [1.82, 2.24) is 0 Å². The number of amides is 1. The van der Waals surface area contributed by atoms with Crippen molar-refractivity contribution < 1.29 is 27.1 Å². The molecule has 0 aliphatic carbocycles. The van der Waals surface area contributed by atoms with Crippen molar-refractivity contribution in [2.24, 2.45) is 0 Å². The minimum absolute atomic E-state index is 0.0752. The zero-order valence-electron chi connectivity index (χ0n) is 17.0. The number of carbonyl (C=O) groups excluding carboxylic acids is 1. The van der Waals surface area contributed by atoms with E-state index in [1.165, 1.54) is 68.8 Å². The standard InChI is InChI=1S/C22H17NO7S2/c1-28-16-6-3-14(4-7-16)21(24)23(15-5-12-19-20(13-15)31-22(25)30-19)32(26,27)18-10-8-17(29-2)9-11-18/h3-13H,1-2H3. The third-order valence-electron chi connectivity index (χ3n) is 4.67. The minimum Gasteiger partial charge on any atom is -0.497 e. The van der Waals surface area contributed by atoms with Gasteiger partial charge in [0.1, 0.15) is 17.1 Å². The van der Waals surface area contributed by atoms with E-state index in [1.54, 1.807) is 12.1 Å². The second-order valence-electron chi connectivity index (χ2n) is 6.56. The molecule has 0 bridgehead atoms. The molecule has 8 nitrogen and oxygen atoms in total. The van der Waals surface area contributed by atoms with Gasteiger partial charge in [-0.05, 0) is 66.7 Å². The van der Waals surface area contributed by atoms with Crippen LogP contribution in [0.15, 0.2) is 80.8 Å². The van der Waals surface area contributed by atoms with Gasteiger partial charge in [-0.15, -0.1) is 0 Å². The predicted octanol–water partition coefficient (Wildman–Crippen LogP) is 3.91. The van der Waals surface area contributed by atoms with Crippen LogP contribution in [0.4, 0.5) is 5.69 Å². The van der Waals surface area contributed by atoms with E-state index in [0.717, 1.165) is 11.3 Å². The third kappa shape index (κ3) is 3.97. The Kier molecular flexibility index (Phi) is 5.72. The van der Waals surface area contributed by atoms with Crippen LogP contribution >= 0.6 is 11.3 Å². The number of methoxy groups -OCH3 is 2. The van der Waals surface area contributed by atoms with Gasteiger partial charge in [-0.25, -0.2) is 13.2 Å². The molecule has 4 rings (SSSR count). The number of carbonyl (C=O) groups is 1. The van der Waals surface area contributed by atoms with Gasteiger partial charge in [0, 0.05) is 5.56 Å². The Morgan fingerprint density at radius 2 is 1.50 bits per heavy atom. The maximum Gasteiger partial charge on any atom is 0.396 e. The van der Waals surface area contributed by atoms with Crippen LogP contribution in [0.5, 0.6) is 11.5 Å². The highest BCUT2D eigenvalue weighted by atomic mass is 32.2. The highest BCUT2D eigenvalue weighted by Gasteiger charge is 2.32. The van der Waals surface area contributed by atoms with E-state index in [0.29, 0.717) is 26.1 Å². The largest absolute Gasteiger partial charge is 0.497 e. The third-order valence-corrected chi connectivity index (χ3v) is 7.18. The first kappa shape index (κ1) is 21.6. The summed E-state index contributed by atoms with van der Waals surface area (Å²) in [7, 11) is -1.36. The maximum absolute atomic E-state index is 13.6. The molecular weight excluding hydrogens is 454 g/mol. The molecule has 0 N–H and O–H groups in total. The fourth-order valence-corrected chi connectivity index (χ4v) is 5.16. The number of rotatable bonds is 6.